The quantitative estimate of drug-likeness (QED) is 0.182. The molecular weight excluding hydrogens is 710 g/mol. The van der Waals surface area contributed by atoms with Gasteiger partial charge in [-0.1, -0.05) is 0 Å². The van der Waals surface area contributed by atoms with Gasteiger partial charge in [-0.05, 0) is 54.6 Å². The lowest BCUT2D eigenvalue weighted by atomic mass is 10.1. The molecule has 0 atom stereocenters. The van der Waals surface area contributed by atoms with Crippen LogP contribution in [0.1, 0.15) is 31.8 Å². The maximum atomic E-state index is 13.6. The van der Waals surface area contributed by atoms with E-state index in [-0.39, 0.29) is 117 Å². The third-order valence-electron chi connectivity index (χ3n) is 10.0. The zero-order valence-corrected chi connectivity index (χ0v) is 30.4. The number of rotatable bonds is 8. The molecule has 2 aliphatic rings. The Balaban J connectivity index is 0.927. The van der Waals surface area contributed by atoms with Gasteiger partial charge in [0.25, 0.3) is 11.8 Å². The van der Waals surface area contributed by atoms with Gasteiger partial charge in [0.15, 0.2) is 0 Å². The van der Waals surface area contributed by atoms with Gasteiger partial charge in [0.05, 0.1) is 27.1 Å². The number of nitrogens with two attached hydrogens (primary N) is 1. The van der Waals surface area contributed by atoms with Crippen molar-refractivity contribution in [2.45, 2.75) is 12.8 Å². The number of piperazine rings is 2. The predicted molar refractivity (Wildman–Crippen MR) is 201 cm³/mol. The fourth-order valence-electron chi connectivity index (χ4n) is 6.90. The molecule has 0 spiro atoms. The van der Waals surface area contributed by atoms with Gasteiger partial charge in [-0.2, -0.15) is 0 Å². The number of amides is 4. The molecule has 2 aromatic heterocycles. The minimum absolute atomic E-state index is 0.139. The topological polar surface area (TPSA) is 186 Å². The number of nitrogen functional groups attached to an aromatic ring is 1. The van der Waals surface area contributed by atoms with Crippen LogP contribution in [0.2, 0.25) is 0 Å². The number of anilines is 1. The van der Waals surface area contributed by atoms with Gasteiger partial charge in [-0.15, -0.1) is 0 Å². The van der Waals surface area contributed by atoms with Gasteiger partial charge < -0.3 is 43.6 Å². The van der Waals surface area contributed by atoms with E-state index in [1.165, 1.54) is 32.4 Å². The van der Waals surface area contributed by atoms with E-state index in [1.807, 2.05) is 0 Å². The fourth-order valence-corrected chi connectivity index (χ4v) is 6.90. The van der Waals surface area contributed by atoms with Gasteiger partial charge in [-0.25, -0.2) is 9.59 Å². The molecule has 0 radical (unpaired) electrons. The van der Waals surface area contributed by atoms with E-state index in [4.69, 9.17) is 24.0 Å². The average molecular weight is 750 g/mol. The molecule has 5 aromatic rings. The van der Waals surface area contributed by atoms with Crippen LogP contribution in [0.25, 0.3) is 21.9 Å². The highest BCUT2D eigenvalue weighted by Crippen LogP contribution is 2.23. The van der Waals surface area contributed by atoms with Crippen LogP contribution < -0.4 is 26.5 Å². The fraction of sp³-hybridized carbons (Fsp3) is 0.300. The molecule has 4 heterocycles. The molecular formula is C40H39N5O10. The highest BCUT2D eigenvalue weighted by atomic mass is 16.5. The summed E-state index contributed by atoms with van der Waals surface area (Å²) < 4.78 is 21.2. The summed E-state index contributed by atoms with van der Waals surface area (Å²) in [6.45, 7) is 2.05. The highest BCUT2D eigenvalue weighted by Gasteiger charge is 2.29. The van der Waals surface area contributed by atoms with E-state index < -0.39 is 11.3 Å². The van der Waals surface area contributed by atoms with Crippen molar-refractivity contribution in [3.05, 3.63) is 110 Å². The number of methoxy groups -OCH3 is 2. The normalized spacial score (nSPS) is 14.7. The smallest absolute Gasteiger partial charge is 0.339 e. The van der Waals surface area contributed by atoms with Crippen molar-refractivity contribution in [1.29, 1.82) is 0 Å². The number of hydrogen-bond donors (Lipinski definition) is 1. The number of carbonyl (C=O) groups excluding carboxylic acids is 4. The van der Waals surface area contributed by atoms with Crippen LogP contribution in [0.4, 0.5) is 5.69 Å². The molecule has 0 bridgehead atoms. The lowest BCUT2D eigenvalue weighted by molar-refractivity contribution is -0.132. The van der Waals surface area contributed by atoms with Crippen LogP contribution >= 0.6 is 0 Å². The average Bonchev–Trinajstić information content (AvgIpc) is 3.20. The summed E-state index contributed by atoms with van der Waals surface area (Å²) in [5.41, 5.74) is 6.91. The largest absolute Gasteiger partial charge is 0.497 e. The molecule has 2 fully saturated rings. The molecule has 4 amide bonds. The highest BCUT2D eigenvalue weighted by molar-refractivity contribution is 6.01. The van der Waals surface area contributed by atoms with Crippen molar-refractivity contribution in [2.24, 2.45) is 0 Å². The Bertz CT molecular complexity index is 2280. The van der Waals surface area contributed by atoms with E-state index in [9.17, 15) is 28.8 Å². The molecule has 0 unspecified atom stereocenters. The molecule has 3 aromatic carbocycles. The Kier molecular flexibility index (Phi) is 10.3. The lowest BCUT2D eigenvalue weighted by Crippen LogP contribution is -2.51. The Morgan fingerprint density at radius 2 is 0.945 bits per heavy atom. The molecule has 55 heavy (non-hydrogen) atoms. The Morgan fingerprint density at radius 3 is 1.33 bits per heavy atom. The minimum Gasteiger partial charge on any atom is -0.497 e. The van der Waals surface area contributed by atoms with Crippen molar-refractivity contribution < 1.29 is 37.5 Å². The maximum Gasteiger partial charge on any atom is 0.339 e. The zero-order valence-electron chi connectivity index (χ0n) is 30.4. The third-order valence-corrected chi connectivity index (χ3v) is 10.0. The SMILES string of the molecule is COc1ccc2cc(CC(=O)N3CCN(C(=O)c4cc(N)cc(C(=O)N5CCN(C(=O)Cc6cc7ccc(OC)cc7oc6=O)CC5)c4)CC3)c(=O)oc2c1. The minimum atomic E-state index is -0.597. The van der Waals surface area contributed by atoms with E-state index >= 15 is 0 Å². The Labute approximate surface area is 314 Å². The molecule has 0 aliphatic carbocycles. The number of nitrogens with zero attached hydrogens (tertiary/aromatic N) is 4. The van der Waals surface area contributed by atoms with E-state index in [2.05, 4.69) is 0 Å². The van der Waals surface area contributed by atoms with Crippen molar-refractivity contribution in [3.63, 3.8) is 0 Å². The summed E-state index contributed by atoms with van der Waals surface area (Å²) in [6, 6.07) is 18.0. The summed E-state index contributed by atoms with van der Waals surface area (Å²) in [7, 11) is 3.03. The van der Waals surface area contributed by atoms with Gasteiger partial charge >= 0.3 is 11.3 Å². The molecule has 2 aliphatic heterocycles. The number of carbonyl (C=O) groups is 4. The van der Waals surface area contributed by atoms with Crippen molar-refractivity contribution in [1.82, 2.24) is 19.6 Å². The predicted octanol–water partition coefficient (Wildman–Crippen LogP) is 2.55. The van der Waals surface area contributed by atoms with Crippen molar-refractivity contribution in [2.75, 3.05) is 72.3 Å². The second-order valence-corrected chi connectivity index (χ2v) is 13.5. The first-order chi connectivity index (χ1) is 26.5. The molecule has 15 nitrogen and oxygen atoms in total. The number of ether oxygens (including phenoxy) is 2. The summed E-state index contributed by atoms with van der Waals surface area (Å²) in [5.74, 6) is -0.0731. The molecule has 284 valence electrons. The maximum absolute atomic E-state index is 13.6. The Morgan fingerprint density at radius 1 is 0.564 bits per heavy atom. The summed E-state index contributed by atoms with van der Waals surface area (Å²) in [5, 5.41) is 1.34. The van der Waals surface area contributed by atoms with Crippen molar-refractivity contribution in [3.8, 4) is 11.5 Å². The molecule has 2 N–H and O–H groups in total. The molecule has 15 heteroatoms. The van der Waals surface area contributed by atoms with Gasteiger partial charge in [0.2, 0.25) is 11.8 Å². The second-order valence-electron chi connectivity index (χ2n) is 13.5. The third kappa shape index (κ3) is 7.86. The van der Waals surface area contributed by atoms with Crippen molar-refractivity contribution >= 4 is 51.3 Å². The van der Waals surface area contributed by atoms with Crippen LogP contribution in [0, 0.1) is 0 Å². The first kappa shape index (κ1) is 36.7. The first-order valence-corrected chi connectivity index (χ1v) is 17.8. The molecule has 7 rings (SSSR count). The van der Waals surface area contributed by atoms with Crippen LogP contribution in [-0.2, 0) is 22.4 Å². The summed E-state index contributed by atoms with van der Waals surface area (Å²) in [4.78, 5) is 85.1. The lowest BCUT2D eigenvalue weighted by Gasteiger charge is -2.35. The molecule has 0 saturated carbocycles. The summed E-state index contributed by atoms with van der Waals surface area (Å²) in [6.07, 6.45) is -0.279. The van der Waals surface area contributed by atoms with E-state index in [1.54, 1.807) is 68.1 Å². The van der Waals surface area contributed by atoms with Gasteiger partial charge in [0, 0.05) is 103 Å². The molecule has 2 saturated heterocycles. The van der Waals surface area contributed by atoms with Gasteiger partial charge in [-0.3, -0.25) is 19.2 Å². The van der Waals surface area contributed by atoms with E-state index in [0.29, 0.717) is 33.4 Å². The first-order valence-electron chi connectivity index (χ1n) is 17.8. The Hall–Kier alpha value is -6.64. The van der Waals surface area contributed by atoms with Crippen LogP contribution in [0.5, 0.6) is 11.5 Å². The second kappa shape index (κ2) is 15.4. The number of fused-ring (bicyclic) bond motifs is 2. The van der Waals surface area contributed by atoms with Crippen LogP contribution in [0.3, 0.4) is 0 Å². The monoisotopic (exact) mass is 749 g/mol. The summed E-state index contributed by atoms with van der Waals surface area (Å²) >= 11 is 0. The number of hydrogen-bond acceptors (Lipinski definition) is 11. The van der Waals surface area contributed by atoms with Crippen LogP contribution in [-0.4, -0.2) is 110 Å². The number of benzene rings is 3. The van der Waals surface area contributed by atoms with E-state index in [0.717, 1.165) is 0 Å². The van der Waals surface area contributed by atoms with Gasteiger partial charge in [0.1, 0.15) is 22.7 Å². The van der Waals surface area contributed by atoms with Crippen LogP contribution in [0.15, 0.2) is 85.2 Å². The standard InChI is InChI=1S/C40H39N5O10/c1-52-31-5-3-24-15-28(39(50)54-33(24)22-31)20-35(46)42-7-11-44(12-8-42)37(48)26-17-27(19-30(41)18-26)38(49)45-13-9-43(10-14-45)36(47)21-29-16-25-4-6-32(53-2)23-34(25)55-40(29)51/h3-6,15-19,22-23H,7-14,20-21,41H2,1-2H3. The zero-order chi connectivity index (χ0) is 38.8.